The molecule has 1 aliphatic carbocycles. The number of rotatable bonds is 3. The van der Waals surface area contributed by atoms with Crippen LogP contribution in [-0.4, -0.2) is 51.6 Å². The van der Waals surface area contributed by atoms with Crippen LogP contribution < -0.4 is 4.90 Å². The Hall–Kier alpha value is -2.11. The number of piperidine rings is 1. The first kappa shape index (κ1) is 14.5. The van der Waals surface area contributed by atoms with Crippen LogP contribution in [0.3, 0.4) is 0 Å². The van der Waals surface area contributed by atoms with E-state index in [4.69, 9.17) is 5.10 Å². The molecule has 2 aliphatic rings. The summed E-state index contributed by atoms with van der Waals surface area (Å²) in [6, 6.07) is 2.55. The van der Waals surface area contributed by atoms with E-state index in [9.17, 15) is 4.79 Å². The molecule has 0 radical (unpaired) electrons. The number of amides is 1. The van der Waals surface area contributed by atoms with Gasteiger partial charge < -0.3 is 9.80 Å². The summed E-state index contributed by atoms with van der Waals surface area (Å²) in [4.78, 5) is 20.3. The number of carbonyl (C=O) groups is 1. The van der Waals surface area contributed by atoms with Crippen LogP contribution in [0, 0.1) is 0 Å². The molecule has 0 N–H and O–H groups in total. The number of aromatic nitrogens is 3. The number of anilines is 1. The molecule has 2 aromatic rings. The Morgan fingerprint density at radius 2 is 2.00 bits per heavy atom. The molecule has 1 saturated carbocycles. The quantitative estimate of drug-likeness (QED) is 0.870. The van der Waals surface area contributed by atoms with Crippen LogP contribution in [0.5, 0.6) is 0 Å². The smallest absolute Gasteiger partial charge is 0.219 e. The monoisotopic (exact) mass is 313 g/mol. The van der Waals surface area contributed by atoms with Gasteiger partial charge in [0.15, 0.2) is 5.82 Å². The Bertz CT molecular complexity index is 728. The summed E-state index contributed by atoms with van der Waals surface area (Å²) in [7, 11) is 1.90. The fourth-order valence-corrected chi connectivity index (χ4v) is 3.47. The van der Waals surface area contributed by atoms with Crippen molar-refractivity contribution in [3.8, 4) is 0 Å². The third-order valence-corrected chi connectivity index (χ3v) is 5.19. The first-order valence-electron chi connectivity index (χ1n) is 8.46. The summed E-state index contributed by atoms with van der Waals surface area (Å²) in [6.07, 6.45) is 8.26. The molecule has 0 spiro atoms. The van der Waals surface area contributed by atoms with Crippen LogP contribution in [0.25, 0.3) is 5.52 Å². The molecule has 2 aromatic heterocycles. The summed E-state index contributed by atoms with van der Waals surface area (Å²) in [5.74, 6) is 1.82. The highest BCUT2D eigenvalue weighted by Crippen LogP contribution is 2.40. The average Bonchev–Trinajstić information content (AvgIpc) is 3.32. The minimum Gasteiger partial charge on any atom is -0.355 e. The molecule has 1 amide bonds. The van der Waals surface area contributed by atoms with E-state index in [0.29, 0.717) is 12.0 Å². The normalized spacial score (nSPS) is 19.3. The summed E-state index contributed by atoms with van der Waals surface area (Å²) in [5, 5.41) is 4.69. The number of hydrogen-bond donors (Lipinski definition) is 0. The van der Waals surface area contributed by atoms with Crippen molar-refractivity contribution < 1.29 is 4.79 Å². The van der Waals surface area contributed by atoms with Crippen molar-refractivity contribution in [2.75, 3.05) is 25.0 Å². The molecule has 122 valence electrons. The number of hydrogen-bond acceptors (Lipinski definition) is 4. The average molecular weight is 313 g/mol. The van der Waals surface area contributed by atoms with Gasteiger partial charge in [0.1, 0.15) is 5.52 Å². The molecule has 6 nitrogen and oxygen atoms in total. The largest absolute Gasteiger partial charge is 0.355 e. The van der Waals surface area contributed by atoms with Crippen molar-refractivity contribution in [2.45, 2.75) is 44.6 Å². The van der Waals surface area contributed by atoms with Gasteiger partial charge in [0.25, 0.3) is 0 Å². The van der Waals surface area contributed by atoms with E-state index in [1.807, 2.05) is 28.9 Å². The van der Waals surface area contributed by atoms with Crippen LogP contribution in [0.2, 0.25) is 0 Å². The van der Waals surface area contributed by atoms with Crippen molar-refractivity contribution in [2.24, 2.45) is 0 Å². The summed E-state index contributed by atoms with van der Waals surface area (Å²) in [5.41, 5.74) is 2.30. The Kier molecular flexibility index (Phi) is 3.47. The molecular formula is C17H23N5O. The van der Waals surface area contributed by atoms with Crippen molar-refractivity contribution in [3.63, 3.8) is 0 Å². The van der Waals surface area contributed by atoms with Crippen LogP contribution in [0.15, 0.2) is 18.5 Å². The third-order valence-electron chi connectivity index (χ3n) is 5.19. The van der Waals surface area contributed by atoms with Crippen molar-refractivity contribution in [3.05, 3.63) is 24.2 Å². The second kappa shape index (κ2) is 5.51. The molecule has 0 atom stereocenters. The molecule has 0 unspecified atom stereocenters. The van der Waals surface area contributed by atoms with E-state index < -0.39 is 0 Å². The molecule has 0 bridgehead atoms. The van der Waals surface area contributed by atoms with Gasteiger partial charge >= 0.3 is 0 Å². The molecule has 2 fully saturated rings. The lowest BCUT2D eigenvalue weighted by Crippen LogP contribution is -2.45. The fourth-order valence-electron chi connectivity index (χ4n) is 3.47. The predicted octanol–water partition coefficient (Wildman–Crippen LogP) is 2.05. The Balaban J connectivity index is 1.55. The zero-order chi connectivity index (χ0) is 16.0. The van der Waals surface area contributed by atoms with E-state index in [-0.39, 0.29) is 5.91 Å². The van der Waals surface area contributed by atoms with Crippen molar-refractivity contribution in [1.29, 1.82) is 0 Å². The SMILES string of the molecule is CC(=O)N(C)C1CCN(c2nccn3nc(C4CC4)cc23)CC1. The zero-order valence-electron chi connectivity index (χ0n) is 13.8. The first-order valence-corrected chi connectivity index (χ1v) is 8.46. The lowest BCUT2D eigenvalue weighted by atomic mass is 10.0. The van der Waals surface area contributed by atoms with Gasteiger partial charge in [-0.05, 0) is 31.7 Å². The topological polar surface area (TPSA) is 53.7 Å². The Morgan fingerprint density at radius 3 is 2.65 bits per heavy atom. The van der Waals surface area contributed by atoms with E-state index in [2.05, 4.69) is 16.0 Å². The summed E-state index contributed by atoms with van der Waals surface area (Å²) in [6.45, 7) is 3.50. The Labute approximate surface area is 136 Å². The molecule has 23 heavy (non-hydrogen) atoms. The van der Waals surface area contributed by atoms with Crippen LogP contribution in [0.1, 0.15) is 44.2 Å². The van der Waals surface area contributed by atoms with Crippen molar-refractivity contribution >= 4 is 17.2 Å². The maximum absolute atomic E-state index is 11.5. The van der Waals surface area contributed by atoms with Gasteiger partial charge in [-0.2, -0.15) is 5.10 Å². The lowest BCUT2D eigenvalue weighted by molar-refractivity contribution is -0.129. The second-order valence-corrected chi connectivity index (χ2v) is 6.77. The van der Waals surface area contributed by atoms with Gasteiger partial charge in [-0.15, -0.1) is 0 Å². The third kappa shape index (κ3) is 2.66. The van der Waals surface area contributed by atoms with Gasteiger partial charge in [0, 0.05) is 51.4 Å². The summed E-state index contributed by atoms with van der Waals surface area (Å²) >= 11 is 0. The van der Waals surface area contributed by atoms with E-state index in [1.54, 1.807) is 6.92 Å². The maximum atomic E-state index is 11.5. The van der Waals surface area contributed by atoms with E-state index >= 15 is 0 Å². The molecular weight excluding hydrogens is 290 g/mol. The predicted molar refractivity (Wildman–Crippen MR) is 88.6 cm³/mol. The highest BCUT2D eigenvalue weighted by atomic mass is 16.2. The number of nitrogens with zero attached hydrogens (tertiary/aromatic N) is 5. The lowest BCUT2D eigenvalue weighted by Gasteiger charge is -2.37. The summed E-state index contributed by atoms with van der Waals surface area (Å²) < 4.78 is 1.96. The standard InChI is InChI=1S/C17H23N5O/c1-12(23)20(2)14-5-8-21(9-6-14)17-16-11-15(13-3-4-13)19-22(16)10-7-18-17/h7,10-11,13-14H,3-6,8-9H2,1-2H3. The van der Waals surface area contributed by atoms with Gasteiger partial charge in [-0.25, -0.2) is 9.50 Å². The van der Waals surface area contributed by atoms with Crippen LogP contribution >= 0.6 is 0 Å². The minimum atomic E-state index is 0.147. The molecule has 4 rings (SSSR count). The Morgan fingerprint density at radius 1 is 1.26 bits per heavy atom. The van der Waals surface area contributed by atoms with Crippen molar-refractivity contribution in [1.82, 2.24) is 19.5 Å². The van der Waals surface area contributed by atoms with Gasteiger partial charge in [0.05, 0.1) is 5.69 Å². The van der Waals surface area contributed by atoms with Crippen LogP contribution in [0.4, 0.5) is 5.82 Å². The molecule has 1 aliphatic heterocycles. The zero-order valence-corrected chi connectivity index (χ0v) is 13.8. The van der Waals surface area contributed by atoms with Gasteiger partial charge in [-0.1, -0.05) is 0 Å². The van der Waals surface area contributed by atoms with Gasteiger partial charge in [0.2, 0.25) is 5.91 Å². The van der Waals surface area contributed by atoms with E-state index in [0.717, 1.165) is 37.3 Å². The maximum Gasteiger partial charge on any atom is 0.219 e. The second-order valence-electron chi connectivity index (χ2n) is 6.77. The highest BCUT2D eigenvalue weighted by molar-refractivity contribution is 5.73. The molecule has 3 heterocycles. The fraction of sp³-hybridized carbons (Fsp3) is 0.588. The minimum absolute atomic E-state index is 0.147. The van der Waals surface area contributed by atoms with Crippen LogP contribution in [-0.2, 0) is 4.79 Å². The molecule has 6 heteroatoms. The molecule has 1 saturated heterocycles. The number of carbonyl (C=O) groups excluding carboxylic acids is 1. The highest BCUT2D eigenvalue weighted by Gasteiger charge is 2.29. The van der Waals surface area contributed by atoms with Gasteiger partial charge in [-0.3, -0.25) is 4.79 Å². The molecule has 0 aromatic carbocycles. The van der Waals surface area contributed by atoms with E-state index in [1.165, 1.54) is 18.5 Å². The first-order chi connectivity index (χ1) is 11.1. The number of fused-ring (bicyclic) bond motifs is 1.